The molecule has 0 aliphatic carbocycles. The molecule has 2 rings (SSSR count). The van der Waals surface area contributed by atoms with Crippen molar-refractivity contribution in [1.29, 1.82) is 0 Å². The highest BCUT2D eigenvalue weighted by atomic mass is 16.2. The summed E-state index contributed by atoms with van der Waals surface area (Å²) in [6.07, 6.45) is 3.03. The predicted octanol–water partition coefficient (Wildman–Crippen LogP) is 1.55. The van der Waals surface area contributed by atoms with Gasteiger partial charge in [-0.1, -0.05) is 24.3 Å². The highest BCUT2D eigenvalue weighted by Gasteiger charge is 2.32. The van der Waals surface area contributed by atoms with E-state index in [0.29, 0.717) is 13.1 Å². The molecular weight excluding hydrogens is 278 g/mol. The molecule has 22 heavy (non-hydrogen) atoms. The van der Waals surface area contributed by atoms with E-state index in [9.17, 15) is 9.59 Å². The average molecular weight is 303 g/mol. The van der Waals surface area contributed by atoms with E-state index in [1.54, 1.807) is 4.90 Å². The molecule has 1 aromatic rings. The minimum absolute atomic E-state index is 0.127. The minimum atomic E-state index is -0.529. The van der Waals surface area contributed by atoms with Crippen LogP contribution in [0.4, 0.5) is 0 Å². The van der Waals surface area contributed by atoms with Crippen LogP contribution in [0, 0.1) is 0 Å². The molecule has 5 heteroatoms. The Morgan fingerprint density at radius 1 is 1.23 bits per heavy atom. The first kappa shape index (κ1) is 16.5. The Balaban J connectivity index is 1.94. The van der Waals surface area contributed by atoms with Crippen molar-refractivity contribution in [3.05, 3.63) is 35.4 Å². The minimum Gasteiger partial charge on any atom is -0.344 e. The molecule has 1 saturated heterocycles. The van der Waals surface area contributed by atoms with E-state index in [-0.39, 0.29) is 12.1 Å². The number of hydrogen-bond acceptors (Lipinski definition) is 3. The summed E-state index contributed by atoms with van der Waals surface area (Å²) in [5.74, 6) is -0.951. The fourth-order valence-corrected chi connectivity index (χ4v) is 3.06. The molecule has 0 aromatic heterocycles. The molecule has 120 valence electrons. The number of benzene rings is 1. The van der Waals surface area contributed by atoms with Gasteiger partial charge in [0.2, 0.25) is 0 Å². The van der Waals surface area contributed by atoms with Gasteiger partial charge in [-0.3, -0.25) is 9.59 Å². The van der Waals surface area contributed by atoms with Crippen molar-refractivity contribution in [1.82, 2.24) is 10.2 Å². The summed E-state index contributed by atoms with van der Waals surface area (Å²) in [5, 5.41) is 2.72. The number of carbonyl (C=O) groups is 2. The number of likely N-dealkylation sites (tertiary alicyclic amines) is 1. The third-order valence-corrected chi connectivity index (χ3v) is 4.30. The summed E-state index contributed by atoms with van der Waals surface area (Å²) < 4.78 is 0. The fourth-order valence-electron chi connectivity index (χ4n) is 3.06. The zero-order valence-corrected chi connectivity index (χ0v) is 13.3. The lowest BCUT2D eigenvalue weighted by molar-refractivity contribution is -0.150. The van der Waals surface area contributed by atoms with Crippen LogP contribution in [-0.4, -0.2) is 28.8 Å². The van der Waals surface area contributed by atoms with Gasteiger partial charge in [0, 0.05) is 25.2 Å². The van der Waals surface area contributed by atoms with Crippen LogP contribution in [0.3, 0.4) is 0 Å². The van der Waals surface area contributed by atoms with Crippen molar-refractivity contribution in [2.45, 2.75) is 58.3 Å². The first-order valence-electron chi connectivity index (χ1n) is 7.91. The molecule has 0 bridgehead atoms. The summed E-state index contributed by atoms with van der Waals surface area (Å²) in [6, 6.07) is 7.95. The van der Waals surface area contributed by atoms with Crippen LogP contribution in [0.1, 0.15) is 44.2 Å². The van der Waals surface area contributed by atoms with Gasteiger partial charge in [-0.15, -0.1) is 0 Å². The van der Waals surface area contributed by atoms with Gasteiger partial charge in [-0.25, -0.2) is 0 Å². The number of nitrogens with two attached hydrogens (primary N) is 1. The second-order valence-electron chi connectivity index (χ2n) is 6.05. The Bertz CT molecular complexity index is 534. The van der Waals surface area contributed by atoms with Gasteiger partial charge in [0.05, 0.1) is 0 Å². The van der Waals surface area contributed by atoms with E-state index in [2.05, 4.69) is 5.32 Å². The normalized spacial score (nSPS) is 21.5. The maximum atomic E-state index is 12.4. The Morgan fingerprint density at radius 2 is 1.86 bits per heavy atom. The van der Waals surface area contributed by atoms with Crippen LogP contribution in [0.5, 0.6) is 0 Å². The summed E-state index contributed by atoms with van der Waals surface area (Å²) in [7, 11) is 0. The number of hydrogen-bond donors (Lipinski definition) is 2. The molecule has 3 N–H and O–H groups in total. The Hall–Kier alpha value is -1.88. The maximum Gasteiger partial charge on any atom is 0.312 e. The summed E-state index contributed by atoms with van der Waals surface area (Å²) >= 11 is 0. The van der Waals surface area contributed by atoms with Crippen molar-refractivity contribution in [3.63, 3.8) is 0 Å². The molecule has 1 heterocycles. The van der Waals surface area contributed by atoms with Gasteiger partial charge in [0.25, 0.3) is 0 Å². The van der Waals surface area contributed by atoms with Gasteiger partial charge in [-0.2, -0.15) is 0 Å². The molecule has 1 aliphatic rings. The average Bonchev–Trinajstić information content (AvgIpc) is 2.52. The zero-order chi connectivity index (χ0) is 16.1. The monoisotopic (exact) mass is 303 g/mol. The van der Waals surface area contributed by atoms with Crippen molar-refractivity contribution >= 4 is 11.8 Å². The largest absolute Gasteiger partial charge is 0.344 e. The molecule has 1 fully saturated rings. The maximum absolute atomic E-state index is 12.4. The Kier molecular flexibility index (Phi) is 5.55. The first-order chi connectivity index (χ1) is 10.5. The Morgan fingerprint density at radius 3 is 2.50 bits per heavy atom. The van der Waals surface area contributed by atoms with E-state index >= 15 is 0 Å². The fraction of sp³-hybridized carbons (Fsp3) is 0.529. The predicted molar refractivity (Wildman–Crippen MR) is 85.8 cm³/mol. The molecule has 1 aromatic carbocycles. The molecule has 2 atom stereocenters. The molecule has 0 spiro atoms. The lowest BCUT2D eigenvalue weighted by atomic mass is 9.97. The van der Waals surface area contributed by atoms with Crippen molar-refractivity contribution in [2.24, 2.45) is 5.73 Å². The van der Waals surface area contributed by atoms with Gasteiger partial charge in [-0.05, 0) is 44.2 Å². The lowest BCUT2D eigenvalue weighted by Crippen LogP contribution is -2.52. The second-order valence-corrected chi connectivity index (χ2v) is 6.05. The van der Waals surface area contributed by atoms with Crippen LogP contribution in [0.25, 0.3) is 0 Å². The highest BCUT2D eigenvalue weighted by molar-refractivity contribution is 6.35. The van der Waals surface area contributed by atoms with Crippen LogP contribution >= 0.6 is 0 Å². The first-order valence-corrected chi connectivity index (χ1v) is 7.91. The van der Waals surface area contributed by atoms with Gasteiger partial charge in [0.15, 0.2) is 0 Å². The standard InChI is InChI=1S/C17H25N3O2/c1-12-5-3-6-13(2)20(12)17(22)16(21)19-11-15-8-4-7-14(9-15)10-18/h4,7-9,12-13H,3,5-6,10-11,18H2,1-2H3,(H,19,21). The number of nitrogens with zero attached hydrogens (tertiary/aromatic N) is 1. The second kappa shape index (κ2) is 7.40. The number of carbonyl (C=O) groups excluding carboxylic acids is 2. The van der Waals surface area contributed by atoms with E-state index < -0.39 is 11.8 Å². The van der Waals surface area contributed by atoms with E-state index in [1.807, 2.05) is 38.1 Å². The Labute approximate surface area is 131 Å². The van der Waals surface area contributed by atoms with Crippen molar-refractivity contribution in [2.75, 3.05) is 0 Å². The number of rotatable bonds is 3. The summed E-state index contributed by atoms with van der Waals surface area (Å²) in [6.45, 7) is 4.82. The molecule has 1 aliphatic heterocycles. The van der Waals surface area contributed by atoms with Gasteiger partial charge in [0.1, 0.15) is 0 Å². The van der Waals surface area contributed by atoms with Crippen molar-refractivity contribution < 1.29 is 9.59 Å². The zero-order valence-electron chi connectivity index (χ0n) is 13.3. The number of nitrogens with one attached hydrogen (secondary N) is 1. The van der Waals surface area contributed by atoms with E-state index in [1.165, 1.54) is 0 Å². The smallest absolute Gasteiger partial charge is 0.312 e. The topological polar surface area (TPSA) is 75.4 Å². The van der Waals surface area contributed by atoms with Gasteiger partial charge >= 0.3 is 11.8 Å². The molecule has 0 radical (unpaired) electrons. The molecule has 0 saturated carbocycles. The number of amides is 2. The van der Waals surface area contributed by atoms with Crippen molar-refractivity contribution in [3.8, 4) is 0 Å². The number of piperidine rings is 1. The van der Waals surface area contributed by atoms with E-state index in [4.69, 9.17) is 5.73 Å². The third kappa shape index (κ3) is 3.85. The molecule has 2 unspecified atom stereocenters. The van der Waals surface area contributed by atoms with Gasteiger partial charge < -0.3 is 16.0 Å². The van der Waals surface area contributed by atoms with Crippen LogP contribution in [0.15, 0.2) is 24.3 Å². The van der Waals surface area contributed by atoms with Crippen LogP contribution in [0.2, 0.25) is 0 Å². The van der Waals surface area contributed by atoms with Crippen LogP contribution < -0.4 is 11.1 Å². The molecule has 5 nitrogen and oxygen atoms in total. The molecular formula is C17H25N3O2. The van der Waals surface area contributed by atoms with Crippen LogP contribution in [-0.2, 0) is 22.7 Å². The summed E-state index contributed by atoms with van der Waals surface area (Å²) in [5.41, 5.74) is 7.56. The van der Waals surface area contributed by atoms with E-state index in [0.717, 1.165) is 30.4 Å². The quantitative estimate of drug-likeness (QED) is 0.832. The lowest BCUT2D eigenvalue weighted by Gasteiger charge is -2.38. The third-order valence-electron chi connectivity index (χ3n) is 4.30. The highest BCUT2D eigenvalue weighted by Crippen LogP contribution is 2.22. The SMILES string of the molecule is CC1CCCC(C)N1C(=O)C(=O)NCc1cccc(CN)c1. The molecule has 2 amide bonds. The summed E-state index contributed by atoms with van der Waals surface area (Å²) in [4.78, 5) is 26.2.